The van der Waals surface area contributed by atoms with E-state index in [1.807, 2.05) is 29.2 Å². The highest BCUT2D eigenvalue weighted by molar-refractivity contribution is 5.49. The Hall–Kier alpha value is -1.26. The van der Waals surface area contributed by atoms with Crippen molar-refractivity contribution in [1.29, 1.82) is 0 Å². The summed E-state index contributed by atoms with van der Waals surface area (Å²) in [7, 11) is 1.62. The molecule has 2 N–H and O–H groups in total. The molecule has 0 saturated carbocycles. The molecule has 0 saturated heterocycles. The van der Waals surface area contributed by atoms with E-state index in [1.54, 1.807) is 21.0 Å². The molecule has 0 spiro atoms. The Morgan fingerprint density at radius 3 is 1.88 bits per heavy atom. The molecule has 0 aliphatic heterocycles. The monoisotopic (exact) mass is 239 g/mol. The first kappa shape index (κ1) is 13.8. The van der Waals surface area contributed by atoms with Gasteiger partial charge in [0.05, 0.1) is 19.3 Å². The number of methoxy groups -OCH3 is 1. The fourth-order valence-electron chi connectivity index (χ4n) is 1.72. The number of rotatable bonds is 6. The summed E-state index contributed by atoms with van der Waals surface area (Å²) in [5, 5.41) is 18.9. The van der Waals surface area contributed by atoms with Crippen molar-refractivity contribution in [2.45, 2.75) is 26.1 Å². The van der Waals surface area contributed by atoms with Gasteiger partial charge in [-0.05, 0) is 38.1 Å². The summed E-state index contributed by atoms with van der Waals surface area (Å²) in [5.74, 6) is 0.794. The van der Waals surface area contributed by atoms with E-state index in [2.05, 4.69) is 0 Å². The van der Waals surface area contributed by atoms with Crippen LogP contribution in [0.15, 0.2) is 24.3 Å². The van der Waals surface area contributed by atoms with Crippen LogP contribution in [0.4, 0.5) is 5.69 Å². The lowest BCUT2D eigenvalue weighted by Gasteiger charge is -2.27. The van der Waals surface area contributed by atoms with Gasteiger partial charge >= 0.3 is 0 Å². The molecule has 0 bridgehead atoms. The van der Waals surface area contributed by atoms with Gasteiger partial charge in [0.25, 0.3) is 0 Å². The van der Waals surface area contributed by atoms with Crippen LogP contribution >= 0.6 is 0 Å². The molecule has 0 unspecified atom stereocenters. The Kier molecular flexibility index (Phi) is 5.25. The van der Waals surface area contributed by atoms with Crippen molar-refractivity contribution in [3.63, 3.8) is 0 Å². The molecule has 0 amide bonds. The zero-order chi connectivity index (χ0) is 12.8. The van der Waals surface area contributed by atoms with Crippen LogP contribution in [0.5, 0.6) is 5.75 Å². The maximum Gasteiger partial charge on any atom is 0.119 e. The lowest BCUT2D eigenvalue weighted by molar-refractivity contribution is 0.178. The van der Waals surface area contributed by atoms with Crippen LogP contribution < -0.4 is 9.64 Å². The number of anilines is 1. The average molecular weight is 239 g/mol. The molecule has 0 radical (unpaired) electrons. The number of nitrogens with zero attached hydrogens (tertiary/aromatic N) is 1. The molecule has 0 heterocycles. The topological polar surface area (TPSA) is 52.9 Å². The normalized spacial score (nSPS) is 14.2. The first-order valence-electron chi connectivity index (χ1n) is 5.78. The molecule has 0 aliphatic carbocycles. The van der Waals surface area contributed by atoms with Gasteiger partial charge in [-0.15, -0.1) is 0 Å². The highest BCUT2D eigenvalue weighted by atomic mass is 16.5. The van der Waals surface area contributed by atoms with Gasteiger partial charge in [-0.25, -0.2) is 0 Å². The van der Waals surface area contributed by atoms with Crippen LogP contribution in [0.1, 0.15) is 13.8 Å². The molecular formula is C13H21NO3. The van der Waals surface area contributed by atoms with E-state index in [1.165, 1.54) is 0 Å². The van der Waals surface area contributed by atoms with E-state index < -0.39 is 12.2 Å². The van der Waals surface area contributed by atoms with Crippen LogP contribution in [0, 0.1) is 0 Å². The van der Waals surface area contributed by atoms with E-state index in [4.69, 9.17) is 4.74 Å². The highest BCUT2D eigenvalue weighted by Crippen LogP contribution is 2.19. The largest absolute Gasteiger partial charge is 0.497 e. The zero-order valence-corrected chi connectivity index (χ0v) is 10.6. The summed E-state index contributed by atoms with van der Waals surface area (Å²) in [6.45, 7) is 4.46. The molecule has 4 heteroatoms. The predicted octanol–water partition coefficient (Wildman–Crippen LogP) is 1.26. The lowest BCUT2D eigenvalue weighted by atomic mass is 10.2. The molecule has 0 aromatic heterocycles. The zero-order valence-electron chi connectivity index (χ0n) is 10.6. The van der Waals surface area contributed by atoms with E-state index in [0.29, 0.717) is 13.1 Å². The maximum absolute atomic E-state index is 9.45. The summed E-state index contributed by atoms with van der Waals surface area (Å²) in [6.07, 6.45) is -0.869. The van der Waals surface area contributed by atoms with E-state index in [9.17, 15) is 10.2 Å². The van der Waals surface area contributed by atoms with Crippen LogP contribution in [0.25, 0.3) is 0 Å². The third kappa shape index (κ3) is 4.63. The minimum atomic E-state index is -0.434. The summed E-state index contributed by atoms with van der Waals surface area (Å²) < 4.78 is 5.09. The van der Waals surface area contributed by atoms with Gasteiger partial charge in [-0.2, -0.15) is 0 Å². The third-order valence-corrected chi connectivity index (χ3v) is 2.41. The molecule has 96 valence electrons. The Labute approximate surface area is 102 Å². The van der Waals surface area contributed by atoms with E-state index in [-0.39, 0.29) is 0 Å². The Morgan fingerprint density at radius 1 is 1.06 bits per heavy atom. The fraction of sp³-hybridized carbons (Fsp3) is 0.538. The van der Waals surface area contributed by atoms with Crippen molar-refractivity contribution in [3.8, 4) is 5.75 Å². The van der Waals surface area contributed by atoms with Gasteiger partial charge in [0.2, 0.25) is 0 Å². The highest BCUT2D eigenvalue weighted by Gasteiger charge is 2.11. The average Bonchev–Trinajstić information content (AvgIpc) is 2.27. The minimum Gasteiger partial charge on any atom is -0.497 e. The number of benzene rings is 1. The van der Waals surface area contributed by atoms with E-state index >= 15 is 0 Å². The Bertz CT molecular complexity index is 312. The quantitative estimate of drug-likeness (QED) is 0.785. The second-order valence-corrected chi connectivity index (χ2v) is 4.30. The van der Waals surface area contributed by atoms with Gasteiger partial charge in [-0.1, -0.05) is 0 Å². The Morgan fingerprint density at radius 2 is 1.53 bits per heavy atom. The smallest absolute Gasteiger partial charge is 0.119 e. The standard InChI is InChI=1S/C13H21NO3/c1-10(15)8-14(9-11(2)16)12-4-6-13(17-3)7-5-12/h4-7,10-11,15-16H,8-9H2,1-3H3/t10-,11-/m1/s1. The van der Waals surface area contributed by atoms with Gasteiger partial charge in [-0.3, -0.25) is 0 Å². The molecule has 4 nitrogen and oxygen atoms in total. The van der Waals surface area contributed by atoms with Crippen LogP contribution in [0.3, 0.4) is 0 Å². The van der Waals surface area contributed by atoms with Crippen LogP contribution in [-0.2, 0) is 0 Å². The fourth-order valence-corrected chi connectivity index (χ4v) is 1.72. The van der Waals surface area contributed by atoms with Crippen molar-refractivity contribution in [3.05, 3.63) is 24.3 Å². The molecular weight excluding hydrogens is 218 g/mol. The van der Waals surface area contributed by atoms with E-state index in [0.717, 1.165) is 11.4 Å². The van der Waals surface area contributed by atoms with Gasteiger partial charge < -0.3 is 19.8 Å². The van der Waals surface area contributed by atoms with Gasteiger partial charge in [0.15, 0.2) is 0 Å². The molecule has 0 fully saturated rings. The number of hydrogen-bond acceptors (Lipinski definition) is 4. The second kappa shape index (κ2) is 6.47. The van der Waals surface area contributed by atoms with Crippen molar-refractivity contribution in [1.82, 2.24) is 0 Å². The SMILES string of the molecule is COc1ccc(N(C[C@@H](C)O)C[C@@H](C)O)cc1. The van der Waals surface area contributed by atoms with Gasteiger partial charge in [0.1, 0.15) is 5.75 Å². The first-order chi connectivity index (χ1) is 8.02. The molecule has 1 aromatic rings. The number of hydrogen-bond donors (Lipinski definition) is 2. The molecule has 1 rings (SSSR count). The lowest BCUT2D eigenvalue weighted by Crippen LogP contribution is -2.36. The van der Waals surface area contributed by atoms with Crippen molar-refractivity contribution in [2.75, 3.05) is 25.1 Å². The number of aliphatic hydroxyl groups excluding tert-OH is 2. The van der Waals surface area contributed by atoms with Crippen LogP contribution in [-0.4, -0.2) is 42.6 Å². The number of aliphatic hydroxyl groups is 2. The second-order valence-electron chi connectivity index (χ2n) is 4.30. The maximum atomic E-state index is 9.45. The molecule has 2 atom stereocenters. The van der Waals surface area contributed by atoms with Crippen molar-refractivity contribution < 1.29 is 14.9 Å². The van der Waals surface area contributed by atoms with Crippen LogP contribution in [0.2, 0.25) is 0 Å². The Balaban J connectivity index is 2.79. The summed E-state index contributed by atoms with van der Waals surface area (Å²) in [6, 6.07) is 7.58. The number of ether oxygens (including phenoxy) is 1. The predicted molar refractivity (Wildman–Crippen MR) is 68.6 cm³/mol. The van der Waals surface area contributed by atoms with Crippen molar-refractivity contribution >= 4 is 5.69 Å². The molecule has 0 aliphatic rings. The summed E-state index contributed by atoms with van der Waals surface area (Å²) in [4.78, 5) is 1.95. The van der Waals surface area contributed by atoms with Crippen molar-refractivity contribution in [2.24, 2.45) is 0 Å². The summed E-state index contributed by atoms with van der Waals surface area (Å²) in [5.41, 5.74) is 0.965. The molecule has 17 heavy (non-hydrogen) atoms. The minimum absolute atomic E-state index is 0.434. The molecule has 1 aromatic carbocycles. The van der Waals surface area contributed by atoms with Gasteiger partial charge in [0, 0.05) is 18.8 Å². The first-order valence-corrected chi connectivity index (χ1v) is 5.78. The third-order valence-electron chi connectivity index (χ3n) is 2.41. The summed E-state index contributed by atoms with van der Waals surface area (Å²) >= 11 is 0.